The molecule has 2 unspecified atom stereocenters. The van der Waals surface area contributed by atoms with E-state index in [1.807, 2.05) is 0 Å². The number of rotatable bonds is 3. The van der Waals surface area contributed by atoms with Crippen molar-refractivity contribution < 1.29 is 28.1 Å². The number of aliphatic hydroxyl groups excluding tert-OH is 2. The van der Waals surface area contributed by atoms with Crippen LogP contribution in [0.5, 0.6) is 0 Å². The van der Waals surface area contributed by atoms with E-state index in [9.17, 15) is 13.2 Å². The third-order valence-electron chi connectivity index (χ3n) is 2.01. The number of alkyl halides is 3. The summed E-state index contributed by atoms with van der Waals surface area (Å²) in [4.78, 5) is 1.51. The van der Waals surface area contributed by atoms with Gasteiger partial charge in [-0.05, 0) is 0 Å². The molecule has 2 atom stereocenters. The van der Waals surface area contributed by atoms with Crippen LogP contribution in [0.3, 0.4) is 0 Å². The number of nitrogens with zero attached hydrogens (tertiary/aromatic N) is 1. The molecule has 0 aromatic carbocycles. The van der Waals surface area contributed by atoms with Gasteiger partial charge in [0.15, 0.2) is 0 Å². The average molecular weight is 215 g/mol. The molecule has 0 spiro atoms. The zero-order valence-electron chi connectivity index (χ0n) is 7.37. The van der Waals surface area contributed by atoms with E-state index >= 15 is 0 Å². The molecular formula is C7H12F3NO3. The van der Waals surface area contributed by atoms with Gasteiger partial charge in [-0.15, -0.1) is 13.2 Å². The number of likely N-dealkylation sites (tertiary alicyclic amines) is 1. The van der Waals surface area contributed by atoms with E-state index in [2.05, 4.69) is 4.74 Å². The largest absolute Gasteiger partial charge is 0.522 e. The Labute approximate surface area is 78.9 Å². The Hall–Kier alpha value is -0.370. The SMILES string of the molecule is OC1CN(CCOC(F)(F)F)CC1O. The lowest BCUT2D eigenvalue weighted by molar-refractivity contribution is -0.324. The first kappa shape index (κ1) is 11.7. The number of ether oxygens (including phenoxy) is 1. The summed E-state index contributed by atoms with van der Waals surface area (Å²) in [6.07, 6.45) is -6.36. The van der Waals surface area contributed by atoms with E-state index in [1.165, 1.54) is 4.90 Å². The molecule has 1 rings (SSSR count). The topological polar surface area (TPSA) is 52.9 Å². The molecule has 1 saturated heterocycles. The van der Waals surface area contributed by atoms with Gasteiger partial charge >= 0.3 is 6.36 Å². The zero-order chi connectivity index (χ0) is 10.8. The standard InChI is InChI=1S/C7H12F3NO3/c8-7(9,10)14-2-1-11-3-5(12)6(13)4-11/h5-6,12-13H,1-4H2. The third kappa shape index (κ3) is 3.79. The zero-order valence-corrected chi connectivity index (χ0v) is 7.37. The predicted molar refractivity (Wildman–Crippen MR) is 40.5 cm³/mol. The molecule has 2 N–H and O–H groups in total. The highest BCUT2D eigenvalue weighted by atomic mass is 19.4. The Morgan fingerprint density at radius 3 is 2.14 bits per heavy atom. The van der Waals surface area contributed by atoms with Crippen LogP contribution in [0, 0.1) is 0 Å². The smallest absolute Gasteiger partial charge is 0.389 e. The van der Waals surface area contributed by atoms with E-state index in [0.29, 0.717) is 0 Å². The molecule has 7 heteroatoms. The van der Waals surface area contributed by atoms with Crippen LogP contribution < -0.4 is 0 Å². The van der Waals surface area contributed by atoms with Gasteiger partial charge in [0.25, 0.3) is 0 Å². The minimum atomic E-state index is -4.61. The molecule has 1 aliphatic rings. The number of hydrogen-bond acceptors (Lipinski definition) is 4. The van der Waals surface area contributed by atoms with Gasteiger partial charge in [0.05, 0.1) is 18.8 Å². The second-order valence-electron chi connectivity index (χ2n) is 3.19. The summed E-state index contributed by atoms with van der Waals surface area (Å²) in [6.45, 7) is -0.0681. The third-order valence-corrected chi connectivity index (χ3v) is 2.01. The first-order valence-electron chi connectivity index (χ1n) is 4.17. The maximum atomic E-state index is 11.5. The molecule has 0 radical (unpaired) electrons. The van der Waals surface area contributed by atoms with E-state index < -0.39 is 25.2 Å². The normalized spacial score (nSPS) is 29.8. The summed E-state index contributed by atoms with van der Waals surface area (Å²) in [5.74, 6) is 0. The number of β-amino-alcohol motifs (C(OH)–C–C–N with tert-alkyl or cyclic N) is 2. The highest BCUT2D eigenvalue weighted by Crippen LogP contribution is 2.16. The highest BCUT2D eigenvalue weighted by molar-refractivity contribution is 4.82. The minimum absolute atomic E-state index is 0.0492. The average Bonchev–Trinajstić information content (AvgIpc) is 2.28. The van der Waals surface area contributed by atoms with Crippen molar-refractivity contribution in [2.75, 3.05) is 26.2 Å². The van der Waals surface area contributed by atoms with Crippen LogP contribution in [-0.2, 0) is 4.74 Å². The molecular weight excluding hydrogens is 203 g/mol. The predicted octanol–water partition coefficient (Wildman–Crippen LogP) is -0.440. The lowest BCUT2D eigenvalue weighted by Gasteiger charge is -2.15. The molecule has 1 fully saturated rings. The molecule has 4 nitrogen and oxygen atoms in total. The Balaban J connectivity index is 2.15. The van der Waals surface area contributed by atoms with E-state index in [-0.39, 0.29) is 19.6 Å². The van der Waals surface area contributed by atoms with Gasteiger partial charge in [0.2, 0.25) is 0 Å². The quantitative estimate of drug-likeness (QED) is 0.670. The number of halogens is 3. The fraction of sp³-hybridized carbons (Fsp3) is 1.00. The van der Waals surface area contributed by atoms with Crippen molar-refractivity contribution in [3.05, 3.63) is 0 Å². The summed E-state index contributed by atoms with van der Waals surface area (Å²) in [6, 6.07) is 0. The number of aliphatic hydroxyl groups is 2. The fourth-order valence-corrected chi connectivity index (χ4v) is 1.32. The van der Waals surface area contributed by atoms with Gasteiger partial charge in [-0.3, -0.25) is 9.64 Å². The van der Waals surface area contributed by atoms with Crippen molar-refractivity contribution in [1.29, 1.82) is 0 Å². The van der Waals surface area contributed by atoms with Gasteiger partial charge in [0, 0.05) is 19.6 Å². The van der Waals surface area contributed by atoms with Crippen molar-refractivity contribution in [3.63, 3.8) is 0 Å². The van der Waals surface area contributed by atoms with Crippen LogP contribution in [0.4, 0.5) is 13.2 Å². The van der Waals surface area contributed by atoms with Crippen LogP contribution in [0.1, 0.15) is 0 Å². The maximum Gasteiger partial charge on any atom is 0.522 e. The van der Waals surface area contributed by atoms with Gasteiger partial charge in [-0.25, -0.2) is 0 Å². The molecule has 0 aliphatic carbocycles. The minimum Gasteiger partial charge on any atom is -0.389 e. The molecule has 0 saturated carbocycles. The van der Waals surface area contributed by atoms with Crippen LogP contribution >= 0.6 is 0 Å². The molecule has 0 aromatic heterocycles. The Morgan fingerprint density at radius 1 is 1.21 bits per heavy atom. The fourth-order valence-electron chi connectivity index (χ4n) is 1.32. The Kier molecular flexibility index (Phi) is 3.71. The van der Waals surface area contributed by atoms with Crippen molar-refractivity contribution in [2.24, 2.45) is 0 Å². The maximum absolute atomic E-state index is 11.5. The first-order valence-corrected chi connectivity index (χ1v) is 4.17. The van der Waals surface area contributed by atoms with Crippen molar-refractivity contribution in [2.45, 2.75) is 18.6 Å². The van der Waals surface area contributed by atoms with Crippen molar-refractivity contribution in [1.82, 2.24) is 4.90 Å². The highest BCUT2D eigenvalue weighted by Gasteiger charge is 2.32. The monoisotopic (exact) mass is 215 g/mol. The lowest BCUT2D eigenvalue weighted by atomic mass is 10.3. The molecule has 0 aromatic rings. The summed E-state index contributed by atoms with van der Waals surface area (Å²) in [5, 5.41) is 18.1. The molecule has 1 aliphatic heterocycles. The van der Waals surface area contributed by atoms with Crippen molar-refractivity contribution >= 4 is 0 Å². The van der Waals surface area contributed by atoms with Crippen LogP contribution in [0.15, 0.2) is 0 Å². The molecule has 14 heavy (non-hydrogen) atoms. The summed E-state index contributed by atoms with van der Waals surface area (Å²) in [7, 11) is 0. The number of hydrogen-bond donors (Lipinski definition) is 2. The first-order chi connectivity index (χ1) is 6.38. The molecule has 1 heterocycles. The van der Waals surface area contributed by atoms with Gasteiger partial charge in [-0.1, -0.05) is 0 Å². The van der Waals surface area contributed by atoms with Gasteiger partial charge in [-0.2, -0.15) is 0 Å². The molecule has 0 amide bonds. The Morgan fingerprint density at radius 2 is 1.71 bits per heavy atom. The van der Waals surface area contributed by atoms with E-state index in [4.69, 9.17) is 10.2 Å². The second kappa shape index (κ2) is 4.43. The van der Waals surface area contributed by atoms with E-state index in [0.717, 1.165) is 0 Å². The van der Waals surface area contributed by atoms with Crippen molar-refractivity contribution in [3.8, 4) is 0 Å². The Bertz CT molecular complexity index is 178. The van der Waals surface area contributed by atoms with Crippen LogP contribution in [-0.4, -0.2) is 59.9 Å². The summed E-state index contributed by atoms with van der Waals surface area (Å²) in [5.41, 5.74) is 0. The second-order valence-corrected chi connectivity index (χ2v) is 3.19. The summed E-state index contributed by atoms with van der Waals surface area (Å²) < 4.78 is 38.2. The molecule has 0 bridgehead atoms. The molecule has 84 valence electrons. The van der Waals surface area contributed by atoms with Gasteiger partial charge < -0.3 is 10.2 Å². The van der Waals surface area contributed by atoms with Crippen LogP contribution in [0.2, 0.25) is 0 Å². The van der Waals surface area contributed by atoms with Crippen LogP contribution in [0.25, 0.3) is 0 Å². The lowest BCUT2D eigenvalue weighted by Crippen LogP contribution is -2.28. The van der Waals surface area contributed by atoms with Gasteiger partial charge in [0.1, 0.15) is 0 Å². The summed E-state index contributed by atoms with van der Waals surface area (Å²) >= 11 is 0. The van der Waals surface area contributed by atoms with E-state index in [1.54, 1.807) is 0 Å².